The lowest BCUT2D eigenvalue weighted by Gasteiger charge is -2.51. The van der Waals surface area contributed by atoms with Crippen LogP contribution in [0.25, 0.3) is 0 Å². The Kier molecular flexibility index (Phi) is 4.22. The second kappa shape index (κ2) is 5.60. The Hall–Kier alpha value is -1.30. The van der Waals surface area contributed by atoms with Crippen molar-refractivity contribution in [1.29, 1.82) is 0 Å². The average molecular weight is 284 g/mol. The molecule has 1 aliphatic carbocycles. The maximum atomic E-state index is 12.3. The van der Waals surface area contributed by atoms with Crippen LogP contribution in [-0.2, 0) is 9.53 Å². The zero-order valence-corrected chi connectivity index (χ0v) is 12.4. The summed E-state index contributed by atoms with van der Waals surface area (Å²) in [5, 5.41) is 11.9. The average Bonchev–Trinajstić information content (AvgIpc) is 2.80. The second-order valence-electron chi connectivity index (χ2n) is 6.37. The summed E-state index contributed by atoms with van der Waals surface area (Å²) in [5.74, 6) is -0.849. The number of amides is 2. The third-order valence-corrected chi connectivity index (χ3v) is 4.81. The minimum absolute atomic E-state index is 0.0299. The molecule has 0 aromatic heterocycles. The van der Waals surface area contributed by atoms with E-state index in [-0.39, 0.29) is 36.1 Å². The number of hydrogen-bond donors (Lipinski definition) is 2. The Morgan fingerprint density at radius 3 is 2.70 bits per heavy atom. The van der Waals surface area contributed by atoms with Crippen LogP contribution in [0.3, 0.4) is 0 Å². The van der Waals surface area contributed by atoms with Crippen LogP contribution in [-0.4, -0.2) is 53.8 Å². The number of carboxylic acids is 1. The minimum atomic E-state index is -0.849. The van der Waals surface area contributed by atoms with Gasteiger partial charge in [-0.25, -0.2) is 4.79 Å². The largest absolute Gasteiger partial charge is 0.481 e. The van der Waals surface area contributed by atoms with Gasteiger partial charge in [0.05, 0.1) is 12.5 Å². The van der Waals surface area contributed by atoms with Crippen molar-refractivity contribution >= 4 is 12.0 Å². The third-order valence-electron chi connectivity index (χ3n) is 4.81. The number of nitrogens with zero attached hydrogens (tertiary/aromatic N) is 1. The fourth-order valence-electron chi connectivity index (χ4n) is 3.28. The molecule has 3 unspecified atom stereocenters. The molecule has 6 heteroatoms. The molecule has 20 heavy (non-hydrogen) atoms. The summed E-state index contributed by atoms with van der Waals surface area (Å²) in [4.78, 5) is 24.8. The number of carboxylic acid groups (broad SMARTS) is 1. The molecule has 114 valence electrons. The van der Waals surface area contributed by atoms with Crippen molar-refractivity contribution in [3.63, 3.8) is 0 Å². The number of aliphatic carboxylic acids is 1. The molecule has 0 bridgehead atoms. The van der Waals surface area contributed by atoms with Gasteiger partial charge in [-0.05, 0) is 19.3 Å². The first-order chi connectivity index (χ1) is 9.36. The highest BCUT2D eigenvalue weighted by Gasteiger charge is 2.49. The van der Waals surface area contributed by atoms with Crippen LogP contribution in [0, 0.1) is 5.41 Å². The number of nitrogens with one attached hydrogen (secondary N) is 1. The van der Waals surface area contributed by atoms with E-state index >= 15 is 0 Å². The molecular weight excluding hydrogens is 260 g/mol. The predicted molar refractivity (Wildman–Crippen MR) is 73.5 cm³/mol. The summed E-state index contributed by atoms with van der Waals surface area (Å²) in [5.41, 5.74) is -0.0770. The topological polar surface area (TPSA) is 78.9 Å². The monoisotopic (exact) mass is 284 g/mol. The molecular formula is C14H24N2O4. The fourth-order valence-corrected chi connectivity index (χ4v) is 3.28. The summed E-state index contributed by atoms with van der Waals surface area (Å²) in [6, 6.07) is -0.221. The van der Waals surface area contributed by atoms with Crippen LogP contribution < -0.4 is 5.32 Å². The first-order valence-corrected chi connectivity index (χ1v) is 7.18. The highest BCUT2D eigenvalue weighted by atomic mass is 16.5. The van der Waals surface area contributed by atoms with E-state index in [2.05, 4.69) is 19.2 Å². The minimum Gasteiger partial charge on any atom is -0.481 e. The maximum absolute atomic E-state index is 12.3. The van der Waals surface area contributed by atoms with Gasteiger partial charge in [-0.1, -0.05) is 13.8 Å². The van der Waals surface area contributed by atoms with Crippen molar-refractivity contribution in [3.8, 4) is 0 Å². The molecule has 0 spiro atoms. The van der Waals surface area contributed by atoms with Crippen LogP contribution in [0.2, 0.25) is 0 Å². The number of methoxy groups -OCH3 is 1. The number of carbonyl (C=O) groups is 2. The summed E-state index contributed by atoms with van der Waals surface area (Å²) in [6.07, 6.45) is 2.66. The van der Waals surface area contributed by atoms with Crippen molar-refractivity contribution < 1.29 is 19.4 Å². The van der Waals surface area contributed by atoms with Gasteiger partial charge in [-0.2, -0.15) is 0 Å². The van der Waals surface area contributed by atoms with Crippen molar-refractivity contribution in [2.45, 2.75) is 57.7 Å². The van der Waals surface area contributed by atoms with Crippen LogP contribution in [0.5, 0.6) is 0 Å². The van der Waals surface area contributed by atoms with Crippen molar-refractivity contribution in [2.24, 2.45) is 5.41 Å². The highest BCUT2D eigenvalue weighted by Crippen LogP contribution is 2.42. The lowest BCUT2D eigenvalue weighted by molar-refractivity contribution is -0.137. The number of likely N-dealkylation sites (tertiary alicyclic amines) is 1. The van der Waals surface area contributed by atoms with Crippen LogP contribution >= 0.6 is 0 Å². The molecule has 3 atom stereocenters. The van der Waals surface area contributed by atoms with Crippen molar-refractivity contribution in [1.82, 2.24) is 10.2 Å². The first-order valence-electron chi connectivity index (χ1n) is 7.18. The van der Waals surface area contributed by atoms with Crippen LogP contribution in [0.15, 0.2) is 0 Å². The van der Waals surface area contributed by atoms with E-state index in [1.807, 2.05) is 0 Å². The number of ether oxygens (including phenoxy) is 1. The van der Waals surface area contributed by atoms with Crippen LogP contribution in [0.4, 0.5) is 4.79 Å². The standard InChI is InChI=1S/C14H24N2O4/c1-14(2)10(8-11(14)20-3)15-13(19)16-6-4-5-9(16)7-12(17)18/h9-11H,4-8H2,1-3H3,(H,15,19)(H,17,18). The van der Waals surface area contributed by atoms with Gasteiger partial charge in [-0.3, -0.25) is 4.79 Å². The molecule has 1 aliphatic heterocycles. The van der Waals surface area contributed by atoms with Crippen molar-refractivity contribution in [3.05, 3.63) is 0 Å². The lowest BCUT2D eigenvalue weighted by atomic mass is 9.64. The molecule has 2 amide bonds. The van der Waals surface area contributed by atoms with E-state index < -0.39 is 5.97 Å². The second-order valence-corrected chi connectivity index (χ2v) is 6.37. The first kappa shape index (κ1) is 15.1. The van der Waals surface area contributed by atoms with Gasteiger partial charge >= 0.3 is 12.0 Å². The number of urea groups is 1. The molecule has 0 aromatic rings. The SMILES string of the molecule is COC1CC(NC(=O)N2CCCC2CC(=O)O)C1(C)C. The highest BCUT2D eigenvalue weighted by molar-refractivity contribution is 5.77. The molecule has 6 nitrogen and oxygen atoms in total. The summed E-state index contributed by atoms with van der Waals surface area (Å²) < 4.78 is 5.37. The van der Waals surface area contributed by atoms with E-state index in [1.165, 1.54) is 0 Å². The lowest BCUT2D eigenvalue weighted by Crippen LogP contribution is -2.63. The normalized spacial score (nSPS) is 31.8. The van der Waals surface area contributed by atoms with E-state index in [9.17, 15) is 9.59 Å². The van der Waals surface area contributed by atoms with E-state index in [0.717, 1.165) is 19.3 Å². The Morgan fingerprint density at radius 1 is 1.45 bits per heavy atom. The molecule has 2 aliphatic rings. The number of carbonyl (C=O) groups excluding carboxylic acids is 1. The number of hydrogen-bond acceptors (Lipinski definition) is 3. The van der Waals surface area contributed by atoms with Crippen LogP contribution in [0.1, 0.15) is 39.5 Å². The molecule has 1 heterocycles. The Labute approximate surface area is 119 Å². The van der Waals surface area contributed by atoms with Gasteiger partial charge in [0.15, 0.2) is 0 Å². The molecule has 1 saturated carbocycles. The van der Waals surface area contributed by atoms with Gasteiger partial charge < -0.3 is 20.1 Å². The van der Waals surface area contributed by atoms with E-state index in [4.69, 9.17) is 9.84 Å². The molecule has 0 aromatic carbocycles. The zero-order chi connectivity index (χ0) is 14.9. The zero-order valence-electron chi connectivity index (χ0n) is 12.4. The number of rotatable bonds is 4. The fraction of sp³-hybridized carbons (Fsp3) is 0.857. The summed E-state index contributed by atoms with van der Waals surface area (Å²) in [6.45, 7) is 4.80. The van der Waals surface area contributed by atoms with Gasteiger partial charge in [0, 0.05) is 31.2 Å². The third kappa shape index (κ3) is 2.75. The van der Waals surface area contributed by atoms with E-state index in [0.29, 0.717) is 6.54 Å². The van der Waals surface area contributed by atoms with Gasteiger partial charge in [-0.15, -0.1) is 0 Å². The summed E-state index contributed by atoms with van der Waals surface area (Å²) >= 11 is 0. The van der Waals surface area contributed by atoms with Crippen molar-refractivity contribution in [2.75, 3.05) is 13.7 Å². The Bertz CT molecular complexity index is 397. The quantitative estimate of drug-likeness (QED) is 0.819. The smallest absolute Gasteiger partial charge is 0.317 e. The van der Waals surface area contributed by atoms with Gasteiger partial charge in [0.25, 0.3) is 0 Å². The van der Waals surface area contributed by atoms with Gasteiger partial charge in [0.2, 0.25) is 0 Å². The maximum Gasteiger partial charge on any atom is 0.317 e. The molecule has 1 saturated heterocycles. The summed E-state index contributed by atoms with van der Waals surface area (Å²) in [7, 11) is 1.69. The van der Waals surface area contributed by atoms with E-state index in [1.54, 1.807) is 12.0 Å². The molecule has 2 fully saturated rings. The van der Waals surface area contributed by atoms with Gasteiger partial charge in [0.1, 0.15) is 0 Å². The predicted octanol–water partition coefficient (Wildman–Crippen LogP) is 1.45. The molecule has 0 radical (unpaired) electrons. The Balaban J connectivity index is 1.90. The molecule has 2 N–H and O–H groups in total. The molecule has 2 rings (SSSR count). The Morgan fingerprint density at radius 2 is 2.15 bits per heavy atom.